The lowest BCUT2D eigenvalue weighted by Gasteiger charge is -2.17. The molecule has 96 valence electrons. The quantitative estimate of drug-likeness (QED) is 0.784. The van der Waals surface area contributed by atoms with E-state index in [9.17, 15) is 9.59 Å². The fourth-order valence-electron chi connectivity index (χ4n) is 3.14. The average Bonchev–Trinajstić information content (AvgIpc) is 2.98. The van der Waals surface area contributed by atoms with Crippen LogP contribution in [0.25, 0.3) is 0 Å². The van der Waals surface area contributed by atoms with Crippen LogP contribution in [0.1, 0.15) is 39.5 Å². The molecule has 0 heterocycles. The maximum atomic E-state index is 12.0. The minimum absolute atomic E-state index is 0.0389. The van der Waals surface area contributed by atoms with Gasteiger partial charge in [-0.3, -0.25) is 4.79 Å². The Balaban J connectivity index is 1.91. The molecular formula is C13H21NO3. The van der Waals surface area contributed by atoms with Gasteiger partial charge in [0.05, 0.1) is 0 Å². The number of amides is 1. The highest BCUT2D eigenvalue weighted by molar-refractivity contribution is 5.87. The van der Waals surface area contributed by atoms with Crippen LogP contribution >= 0.6 is 0 Å². The van der Waals surface area contributed by atoms with Crippen molar-refractivity contribution in [2.75, 3.05) is 0 Å². The molecule has 2 rings (SSSR count). The maximum absolute atomic E-state index is 12.0. The second kappa shape index (κ2) is 4.67. The Hall–Kier alpha value is -1.06. The van der Waals surface area contributed by atoms with E-state index in [4.69, 9.17) is 5.11 Å². The zero-order chi connectivity index (χ0) is 12.6. The van der Waals surface area contributed by atoms with Crippen LogP contribution in [0.3, 0.4) is 0 Å². The number of hydrogen-bond donors (Lipinski definition) is 2. The van der Waals surface area contributed by atoms with Crippen LogP contribution in [0.5, 0.6) is 0 Å². The summed E-state index contributed by atoms with van der Waals surface area (Å²) in [5.41, 5.74) is 0. The molecule has 2 aliphatic carbocycles. The second-order valence-corrected chi connectivity index (χ2v) is 5.71. The van der Waals surface area contributed by atoms with Crippen molar-refractivity contribution in [1.29, 1.82) is 0 Å². The van der Waals surface area contributed by atoms with Crippen molar-refractivity contribution in [3.63, 3.8) is 0 Å². The first kappa shape index (κ1) is 12.4. The second-order valence-electron chi connectivity index (χ2n) is 5.71. The Kier molecular flexibility index (Phi) is 3.40. The zero-order valence-electron chi connectivity index (χ0n) is 10.5. The van der Waals surface area contributed by atoms with Gasteiger partial charge < -0.3 is 10.4 Å². The Morgan fingerprint density at radius 1 is 1.18 bits per heavy atom. The summed E-state index contributed by atoms with van der Waals surface area (Å²) in [6.07, 6.45) is 4.72. The number of hydrogen-bond acceptors (Lipinski definition) is 2. The van der Waals surface area contributed by atoms with E-state index in [0.29, 0.717) is 11.8 Å². The lowest BCUT2D eigenvalue weighted by molar-refractivity contribution is -0.143. The number of carbonyl (C=O) groups is 2. The van der Waals surface area contributed by atoms with Crippen molar-refractivity contribution in [1.82, 2.24) is 5.32 Å². The number of rotatable bonds is 4. The molecular weight excluding hydrogens is 218 g/mol. The van der Waals surface area contributed by atoms with Gasteiger partial charge in [0.15, 0.2) is 0 Å². The van der Waals surface area contributed by atoms with Crippen molar-refractivity contribution in [3.8, 4) is 0 Å². The summed E-state index contributed by atoms with van der Waals surface area (Å²) in [6.45, 7) is 3.64. The van der Waals surface area contributed by atoms with Gasteiger partial charge in [-0.15, -0.1) is 0 Å². The standard InChI is InChI=1S/C13H21NO3/c1-7(2)11(13(16)17)14-12(15)10-8-5-3-4-6-9(8)10/h7-11H,3-6H2,1-2H3,(H,14,15)(H,16,17)/t8?,9?,10?,11-/m0/s1. The molecule has 0 aromatic heterocycles. The summed E-state index contributed by atoms with van der Waals surface area (Å²) in [6, 6.07) is -0.745. The monoisotopic (exact) mass is 239 g/mol. The van der Waals surface area contributed by atoms with Gasteiger partial charge in [-0.05, 0) is 30.6 Å². The van der Waals surface area contributed by atoms with Crippen molar-refractivity contribution < 1.29 is 14.7 Å². The van der Waals surface area contributed by atoms with Gasteiger partial charge in [-0.1, -0.05) is 26.7 Å². The van der Waals surface area contributed by atoms with Gasteiger partial charge >= 0.3 is 5.97 Å². The molecule has 17 heavy (non-hydrogen) atoms. The first-order chi connectivity index (χ1) is 8.02. The Morgan fingerprint density at radius 3 is 2.12 bits per heavy atom. The molecule has 0 saturated heterocycles. The lowest BCUT2D eigenvalue weighted by atomic mass is 10.0. The van der Waals surface area contributed by atoms with E-state index in [1.807, 2.05) is 13.8 Å². The van der Waals surface area contributed by atoms with Gasteiger partial charge in [0.2, 0.25) is 5.91 Å². The van der Waals surface area contributed by atoms with Crippen LogP contribution in [0.2, 0.25) is 0 Å². The van der Waals surface area contributed by atoms with Crippen molar-refractivity contribution in [3.05, 3.63) is 0 Å². The van der Waals surface area contributed by atoms with Crippen molar-refractivity contribution in [2.45, 2.75) is 45.6 Å². The fraction of sp³-hybridized carbons (Fsp3) is 0.846. The average molecular weight is 239 g/mol. The van der Waals surface area contributed by atoms with Crippen LogP contribution < -0.4 is 5.32 Å². The summed E-state index contributed by atoms with van der Waals surface area (Å²) in [5, 5.41) is 11.7. The van der Waals surface area contributed by atoms with Crippen LogP contribution in [0.15, 0.2) is 0 Å². The molecule has 2 N–H and O–H groups in total. The zero-order valence-corrected chi connectivity index (χ0v) is 10.5. The summed E-state index contributed by atoms with van der Waals surface area (Å²) in [4.78, 5) is 23.0. The van der Waals surface area contributed by atoms with E-state index in [-0.39, 0.29) is 17.7 Å². The molecule has 0 aromatic carbocycles. The number of carboxylic acid groups (broad SMARTS) is 1. The van der Waals surface area contributed by atoms with Gasteiger partial charge in [0, 0.05) is 5.92 Å². The molecule has 2 aliphatic rings. The molecule has 2 unspecified atom stereocenters. The Bertz CT molecular complexity index is 315. The van der Waals surface area contributed by atoms with Crippen molar-refractivity contribution in [2.24, 2.45) is 23.7 Å². The smallest absolute Gasteiger partial charge is 0.326 e. The largest absolute Gasteiger partial charge is 0.480 e. The van der Waals surface area contributed by atoms with E-state index in [1.165, 1.54) is 12.8 Å². The molecule has 0 aromatic rings. The van der Waals surface area contributed by atoms with E-state index >= 15 is 0 Å². The molecule has 2 fully saturated rings. The fourth-order valence-corrected chi connectivity index (χ4v) is 3.14. The van der Waals surface area contributed by atoms with Gasteiger partial charge in [-0.25, -0.2) is 4.79 Å². The number of carbonyl (C=O) groups excluding carboxylic acids is 1. The normalized spacial score (nSPS) is 32.8. The molecule has 0 spiro atoms. The SMILES string of the molecule is CC(C)[C@H](NC(=O)C1C2CCCCC21)C(=O)O. The summed E-state index contributed by atoms with van der Waals surface area (Å²) < 4.78 is 0. The summed E-state index contributed by atoms with van der Waals surface area (Å²) >= 11 is 0. The molecule has 0 aliphatic heterocycles. The van der Waals surface area contributed by atoms with Gasteiger partial charge in [0.1, 0.15) is 6.04 Å². The third-order valence-corrected chi connectivity index (χ3v) is 4.19. The van der Waals surface area contributed by atoms with Crippen LogP contribution in [-0.2, 0) is 9.59 Å². The highest BCUT2D eigenvalue weighted by Crippen LogP contribution is 2.55. The topological polar surface area (TPSA) is 66.4 Å². The molecule has 3 atom stereocenters. The van der Waals surface area contributed by atoms with E-state index in [2.05, 4.69) is 5.32 Å². The summed E-state index contributed by atoms with van der Waals surface area (Å²) in [5.74, 6) is 0.117. The Labute approximate surface area is 102 Å². The molecule has 4 heteroatoms. The lowest BCUT2D eigenvalue weighted by Crippen LogP contribution is -2.45. The predicted octanol–water partition coefficient (Wildman–Crippen LogP) is 1.65. The minimum atomic E-state index is -0.933. The third kappa shape index (κ3) is 2.45. The minimum Gasteiger partial charge on any atom is -0.480 e. The molecule has 2 saturated carbocycles. The van der Waals surface area contributed by atoms with E-state index < -0.39 is 12.0 Å². The van der Waals surface area contributed by atoms with Crippen LogP contribution in [-0.4, -0.2) is 23.0 Å². The number of carboxylic acids is 1. The molecule has 1 amide bonds. The number of fused-ring (bicyclic) bond motifs is 1. The highest BCUT2D eigenvalue weighted by atomic mass is 16.4. The van der Waals surface area contributed by atoms with E-state index in [1.54, 1.807) is 0 Å². The molecule has 0 bridgehead atoms. The van der Waals surface area contributed by atoms with E-state index in [0.717, 1.165) is 12.8 Å². The van der Waals surface area contributed by atoms with Crippen LogP contribution in [0, 0.1) is 23.7 Å². The maximum Gasteiger partial charge on any atom is 0.326 e. The van der Waals surface area contributed by atoms with Crippen LogP contribution in [0.4, 0.5) is 0 Å². The third-order valence-electron chi connectivity index (χ3n) is 4.19. The summed E-state index contributed by atoms with van der Waals surface area (Å²) in [7, 11) is 0. The number of aliphatic carboxylic acids is 1. The Morgan fingerprint density at radius 2 is 1.71 bits per heavy atom. The van der Waals surface area contributed by atoms with Gasteiger partial charge in [-0.2, -0.15) is 0 Å². The highest BCUT2D eigenvalue weighted by Gasteiger charge is 2.55. The van der Waals surface area contributed by atoms with Crippen molar-refractivity contribution >= 4 is 11.9 Å². The first-order valence-electron chi connectivity index (χ1n) is 6.55. The predicted molar refractivity (Wildman–Crippen MR) is 63.3 cm³/mol. The number of nitrogens with one attached hydrogen (secondary N) is 1. The van der Waals surface area contributed by atoms with Gasteiger partial charge in [0.25, 0.3) is 0 Å². The first-order valence-corrected chi connectivity index (χ1v) is 6.55. The molecule has 0 radical (unpaired) electrons. The molecule has 4 nitrogen and oxygen atoms in total.